The maximum absolute atomic E-state index is 10.5. The standard InChI is InChI=1S/C11H14O2.C6H6O/c1-11(2,3)9-6-4-5-8(7-12)10(9)13;7-6-4-2-1-3-5-6/h4-7,13H,1-3H3;1-5,7H. The van der Waals surface area contributed by atoms with Crippen molar-refractivity contribution in [3.05, 3.63) is 59.7 Å². The molecule has 2 aromatic rings. The molecule has 0 saturated heterocycles. The normalized spacial score (nSPS) is 10.3. The van der Waals surface area contributed by atoms with Crippen LogP contribution in [0.15, 0.2) is 48.5 Å². The Bertz CT molecular complexity index is 554. The smallest absolute Gasteiger partial charge is 0.153 e. The monoisotopic (exact) mass is 272 g/mol. The predicted molar refractivity (Wildman–Crippen MR) is 80.3 cm³/mol. The van der Waals surface area contributed by atoms with Crippen LogP contribution in [0.3, 0.4) is 0 Å². The molecule has 2 rings (SSSR count). The quantitative estimate of drug-likeness (QED) is 0.774. The molecule has 0 fully saturated rings. The van der Waals surface area contributed by atoms with Crippen LogP contribution >= 0.6 is 0 Å². The van der Waals surface area contributed by atoms with Crippen LogP contribution in [0.1, 0.15) is 36.7 Å². The number of aldehydes is 1. The van der Waals surface area contributed by atoms with Crippen LogP contribution < -0.4 is 0 Å². The van der Waals surface area contributed by atoms with Gasteiger partial charge in [0.1, 0.15) is 11.5 Å². The minimum atomic E-state index is -0.136. The van der Waals surface area contributed by atoms with Crippen LogP contribution in [0.2, 0.25) is 0 Å². The maximum atomic E-state index is 10.5. The van der Waals surface area contributed by atoms with E-state index in [4.69, 9.17) is 5.11 Å². The van der Waals surface area contributed by atoms with Crippen LogP contribution in [-0.2, 0) is 5.41 Å². The Balaban J connectivity index is 0.000000240. The number of carbonyl (C=O) groups is 1. The van der Waals surface area contributed by atoms with E-state index in [0.29, 0.717) is 17.6 Å². The van der Waals surface area contributed by atoms with Gasteiger partial charge in [-0.15, -0.1) is 0 Å². The summed E-state index contributed by atoms with van der Waals surface area (Å²) in [6.45, 7) is 5.99. The van der Waals surface area contributed by atoms with Gasteiger partial charge >= 0.3 is 0 Å². The zero-order valence-corrected chi connectivity index (χ0v) is 12.0. The van der Waals surface area contributed by atoms with E-state index < -0.39 is 0 Å². The fourth-order valence-corrected chi connectivity index (χ4v) is 1.69. The highest BCUT2D eigenvalue weighted by Gasteiger charge is 2.19. The number of rotatable bonds is 1. The van der Waals surface area contributed by atoms with E-state index in [1.54, 1.807) is 36.4 Å². The van der Waals surface area contributed by atoms with Crippen LogP contribution in [0.25, 0.3) is 0 Å². The second-order valence-electron chi connectivity index (χ2n) is 5.45. The van der Waals surface area contributed by atoms with Gasteiger partial charge < -0.3 is 10.2 Å². The fraction of sp³-hybridized carbons (Fsp3) is 0.235. The molecule has 0 unspecified atom stereocenters. The lowest BCUT2D eigenvalue weighted by Gasteiger charge is -2.20. The van der Waals surface area contributed by atoms with E-state index in [9.17, 15) is 9.90 Å². The number of phenolic OH excluding ortho intramolecular Hbond substituents is 2. The number of phenols is 2. The molecule has 0 amide bonds. The molecule has 20 heavy (non-hydrogen) atoms. The Morgan fingerprint density at radius 1 is 0.900 bits per heavy atom. The fourth-order valence-electron chi connectivity index (χ4n) is 1.69. The molecule has 3 nitrogen and oxygen atoms in total. The van der Waals surface area contributed by atoms with Gasteiger partial charge in [-0.25, -0.2) is 0 Å². The summed E-state index contributed by atoms with van der Waals surface area (Å²) in [7, 11) is 0. The van der Waals surface area contributed by atoms with Crippen molar-refractivity contribution in [3.8, 4) is 11.5 Å². The highest BCUT2D eigenvalue weighted by atomic mass is 16.3. The Morgan fingerprint density at radius 2 is 1.50 bits per heavy atom. The van der Waals surface area contributed by atoms with Crippen molar-refractivity contribution >= 4 is 6.29 Å². The van der Waals surface area contributed by atoms with Gasteiger partial charge in [-0.1, -0.05) is 51.1 Å². The van der Waals surface area contributed by atoms with Gasteiger partial charge in [0.25, 0.3) is 0 Å². The average molecular weight is 272 g/mol. The van der Waals surface area contributed by atoms with Crippen LogP contribution in [0, 0.1) is 0 Å². The lowest BCUT2D eigenvalue weighted by atomic mass is 9.85. The van der Waals surface area contributed by atoms with Crippen LogP contribution in [-0.4, -0.2) is 16.5 Å². The minimum absolute atomic E-state index is 0.102. The van der Waals surface area contributed by atoms with Crippen molar-refractivity contribution in [2.45, 2.75) is 26.2 Å². The molecule has 0 saturated carbocycles. The van der Waals surface area contributed by atoms with Gasteiger partial charge in [-0.3, -0.25) is 4.79 Å². The Morgan fingerprint density at radius 3 is 1.90 bits per heavy atom. The highest BCUT2D eigenvalue weighted by molar-refractivity contribution is 5.80. The second-order valence-corrected chi connectivity index (χ2v) is 5.45. The molecule has 3 heteroatoms. The Labute approximate surface area is 119 Å². The van der Waals surface area contributed by atoms with Gasteiger partial charge in [0.05, 0.1) is 5.56 Å². The summed E-state index contributed by atoms with van der Waals surface area (Å²) >= 11 is 0. The van der Waals surface area contributed by atoms with Crippen molar-refractivity contribution in [3.63, 3.8) is 0 Å². The summed E-state index contributed by atoms with van der Waals surface area (Å²) in [5.41, 5.74) is 1.02. The first-order valence-electron chi connectivity index (χ1n) is 6.38. The molecule has 0 spiro atoms. The van der Waals surface area contributed by atoms with Gasteiger partial charge in [0.2, 0.25) is 0 Å². The largest absolute Gasteiger partial charge is 0.508 e. The topological polar surface area (TPSA) is 57.5 Å². The molecule has 0 aliphatic heterocycles. The van der Waals surface area contributed by atoms with Crippen molar-refractivity contribution < 1.29 is 15.0 Å². The predicted octanol–water partition coefficient (Wildman–Crippen LogP) is 3.89. The summed E-state index contributed by atoms with van der Waals surface area (Å²) < 4.78 is 0. The van der Waals surface area contributed by atoms with Gasteiger partial charge in [-0.2, -0.15) is 0 Å². The number of hydrogen-bond acceptors (Lipinski definition) is 3. The van der Waals surface area contributed by atoms with E-state index in [0.717, 1.165) is 5.56 Å². The maximum Gasteiger partial charge on any atom is 0.153 e. The zero-order valence-electron chi connectivity index (χ0n) is 12.0. The molecule has 0 heterocycles. The van der Waals surface area contributed by atoms with Crippen molar-refractivity contribution in [1.29, 1.82) is 0 Å². The summed E-state index contributed by atoms with van der Waals surface area (Å²) in [5, 5.41) is 18.3. The first-order chi connectivity index (χ1) is 9.36. The molecule has 0 aliphatic rings. The first kappa shape index (κ1) is 15.8. The SMILES string of the molecule is CC(C)(C)c1cccc(C=O)c1O.Oc1ccccc1. The molecule has 0 radical (unpaired) electrons. The highest BCUT2D eigenvalue weighted by Crippen LogP contribution is 2.32. The van der Waals surface area contributed by atoms with Crippen molar-refractivity contribution in [1.82, 2.24) is 0 Å². The molecule has 0 aliphatic carbocycles. The molecule has 2 aromatic carbocycles. The lowest BCUT2D eigenvalue weighted by molar-refractivity contribution is 0.112. The van der Waals surface area contributed by atoms with E-state index in [1.807, 2.05) is 32.9 Å². The lowest BCUT2D eigenvalue weighted by Crippen LogP contribution is -2.11. The van der Waals surface area contributed by atoms with Gasteiger partial charge in [0.15, 0.2) is 6.29 Å². The van der Waals surface area contributed by atoms with Crippen molar-refractivity contribution in [2.75, 3.05) is 0 Å². The summed E-state index contributed by atoms with van der Waals surface area (Å²) in [4.78, 5) is 10.5. The van der Waals surface area contributed by atoms with Gasteiger partial charge in [-0.05, 0) is 29.2 Å². The Hall–Kier alpha value is -2.29. The number of benzene rings is 2. The molecule has 0 atom stereocenters. The minimum Gasteiger partial charge on any atom is -0.508 e. The third-order valence-electron chi connectivity index (χ3n) is 2.76. The molecule has 2 N–H and O–H groups in total. The molecule has 0 aromatic heterocycles. The molecule has 106 valence electrons. The molecular weight excluding hydrogens is 252 g/mol. The first-order valence-corrected chi connectivity index (χ1v) is 6.38. The number of aromatic hydroxyl groups is 2. The average Bonchev–Trinajstić information content (AvgIpc) is 2.39. The molecular formula is C17H20O3. The number of hydrogen-bond donors (Lipinski definition) is 2. The van der Waals surface area contributed by atoms with E-state index >= 15 is 0 Å². The summed E-state index contributed by atoms with van der Waals surface area (Å²) in [5.74, 6) is 0.424. The van der Waals surface area contributed by atoms with E-state index in [2.05, 4.69) is 0 Å². The molecule has 0 bridgehead atoms. The summed E-state index contributed by atoms with van der Waals surface area (Å²) in [6, 6.07) is 13.9. The third-order valence-corrected chi connectivity index (χ3v) is 2.76. The van der Waals surface area contributed by atoms with Crippen LogP contribution in [0.5, 0.6) is 11.5 Å². The van der Waals surface area contributed by atoms with E-state index in [1.165, 1.54) is 0 Å². The van der Waals surface area contributed by atoms with E-state index in [-0.39, 0.29) is 11.2 Å². The Kier molecular flexibility index (Phi) is 5.32. The van der Waals surface area contributed by atoms with Crippen molar-refractivity contribution in [2.24, 2.45) is 0 Å². The zero-order chi connectivity index (χ0) is 15.2. The van der Waals surface area contributed by atoms with Crippen LogP contribution in [0.4, 0.5) is 0 Å². The second kappa shape index (κ2) is 6.75. The number of carbonyl (C=O) groups excluding carboxylic acids is 1. The van der Waals surface area contributed by atoms with Gasteiger partial charge in [0, 0.05) is 0 Å². The summed E-state index contributed by atoms with van der Waals surface area (Å²) in [6.07, 6.45) is 0.671. The third kappa shape index (κ3) is 4.43. The number of para-hydroxylation sites is 2.